The summed E-state index contributed by atoms with van der Waals surface area (Å²) in [5.41, 5.74) is 1.32. The van der Waals surface area contributed by atoms with E-state index >= 15 is 0 Å². The number of aromatic nitrogens is 2. The van der Waals surface area contributed by atoms with E-state index in [0.717, 1.165) is 5.56 Å². The zero-order valence-electron chi connectivity index (χ0n) is 17.2. The molecule has 0 aliphatic carbocycles. The molecule has 154 valence electrons. The zero-order chi connectivity index (χ0) is 21.2. The Labute approximate surface area is 171 Å². The number of rotatable bonds is 6. The molecule has 3 aromatic rings. The molecule has 0 radical (unpaired) electrons. The number of hydrogen-bond acceptors (Lipinski definition) is 6. The Morgan fingerprint density at radius 1 is 1.03 bits per heavy atom. The van der Waals surface area contributed by atoms with Crippen LogP contribution in [0.4, 0.5) is 5.69 Å². The average Bonchev–Trinajstić information content (AvgIpc) is 3.16. The summed E-state index contributed by atoms with van der Waals surface area (Å²) in [4.78, 5) is 4.57. The second-order valence-electron chi connectivity index (χ2n) is 7.83. The fourth-order valence-corrected chi connectivity index (χ4v) is 3.72. The van der Waals surface area contributed by atoms with Crippen molar-refractivity contribution in [2.75, 3.05) is 11.4 Å². The van der Waals surface area contributed by atoms with Crippen LogP contribution in [0.3, 0.4) is 0 Å². The topological polar surface area (TPSA) is 85.5 Å². The van der Waals surface area contributed by atoms with Gasteiger partial charge in [-0.05, 0) is 43.3 Å². The van der Waals surface area contributed by atoms with Gasteiger partial charge in [-0.25, -0.2) is 8.42 Å². The van der Waals surface area contributed by atoms with Gasteiger partial charge in [0.2, 0.25) is 11.7 Å². The smallest absolute Gasteiger partial charge is 0.264 e. The molecule has 0 bridgehead atoms. The quantitative estimate of drug-likeness (QED) is 0.603. The lowest BCUT2D eigenvalue weighted by Gasteiger charge is -2.20. The molecule has 7 nitrogen and oxygen atoms in total. The maximum absolute atomic E-state index is 12.8. The van der Waals surface area contributed by atoms with E-state index in [1.54, 1.807) is 48.5 Å². The van der Waals surface area contributed by atoms with Gasteiger partial charge in [0.1, 0.15) is 5.75 Å². The van der Waals surface area contributed by atoms with Crippen molar-refractivity contribution in [3.8, 4) is 5.75 Å². The van der Waals surface area contributed by atoms with Crippen molar-refractivity contribution in [2.45, 2.75) is 44.6 Å². The van der Waals surface area contributed by atoms with Gasteiger partial charge in [0.15, 0.2) is 6.61 Å². The van der Waals surface area contributed by atoms with Crippen molar-refractivity contribution in [3.05, 3.63) is 65.8 Å². The first kappa shape index (κ1) is 20.9. The number of nitrogens with zero attached hydrogens (tertiary/aromatic N) is 3. The van der Waals surface area contributed by atoms with Crippen LogP contribution in [0.25, 0.3) is 0 Å². The number of ether oxygens (including phenoxy) is 1. The Kier molecular flexibility index (Phi) is 5.66. The molecule has 29 heavy (non-hydrogen) atoms. The second kappa shape index (κ2) is 7.87. The van der Waals surface area contributed by atoms with Crippen LogP contribution in [0.2, 0.25) is 0 Å². The molecule has 2 aromatic carbocycles. The lowest BCUT2D eigenvalue weighted by Crippen LogP contribution is -2.26. The minimum absolute atomic E-state index is 0.163. The normalized spacial score (nSPS) is 12.0. The van der Waals surface area contributed by atoms with Gasteiger partial charge in [0.25, 0.3) is 10.0 Å². The lowest BCUT2D eigenvalue weighted by atomic mass is 9.97. The van der Waals surface area contributed by atoms with Gasteiger partial charge in [0.05, 0.1) is 10.6 Å². The molecule has 0 saturated heterocycles. The largest absolute Gasteiger partial charge is 0.485 e. The van der Waals surface area contributed by atoms with Gasteiger partial charge in [0, 0.05) is 12.5 Å². The van der Waals surface area contributed by atoms with Crippen molar-refractivity contribution in [1.29, 1.82) is 0 Å². The zero-order valence-corrected chi connectivity index (χ0v) is 18.0. The summed E-state index contributed by atoms with van der Waals surface area (Å²) in [7, 11) is -2.10. The summed E-state index contributed by atoms with van der Waals surface area (Å²) >= 11 is 0. The molecule has 0 aliphatic rings. The third kappa shape index (κ3) is 4.76. The second-order valence-corrected chi connectivity index (χ2v) is 9.80. The van der Waals surface area contributed by atoms with Crippen LogP contribution < -0.4 is 9.04 Å². The van der Waals surface area contributed by atoms with E-state index in [-0.39, 0.29) is 16.9 Å². The summed E-state index contributed by atoms with van der Waals surface area (Å²) < 4.78 is 37.8. The van der Waals surface area contributed by atoms with Crippen molar-refractivity contribution in [3.63, 3.8) is 0 Å². The summed E-state index contributed by atoms with van der Waals surface area (Å²) in [5.74, 6) is 1.59. The Morgan fingerprint density at radius 2 is 1.66 bits per heavy atom. The molecule has 8 heteroatoms. The molecule has 3 rings (SSSR count). The summed E-state index contributed by atoms with van der Waals surface area (Å²) in [6, 6.07) is 13.6. The summed E-state index contributed by atoms with van der Waals surface area (Å²) in [6.07, 6.45) is 0. The van der Waals surface area contributed by atoms with Crippen LogP contribution in [0.15, 0.2) is 57.9 Å². The maximum Gasteiger partial charge on any atom is 0.264 e. The Balaban J connectivity index is 1.68. The van der Waals surface area contributed by atoms with E-state index in [1.807, 2.05) is 27.7 Å². The van der Waals surface area contributed by atoms with E-state index in [4.69, 9.17) is 9.26 Å². The fourth-order valence-electron chi connectivity index (χ4n) is 2.52. The third-order valence-electron chi connectivity index (χ3n) is 4.36. The lowest BCUT2D eigenvalue weighted by molar-refractivity contribution is 0.280. The molecule has 1 heterocycles. The van der Waals surface area contributed by atoms with Gasteiger partial charge in [-0.3, -0.25) is 4.31 Å². The molecule has 0 N–H and O–H groups in total. The van der Waals surface area contributed by atoms with Crippen molar-refractivity contribution >= 4 is 15.7 Å². The molecular formula is C21H25N3O4S. The number of sulfonamides is 1. The highest BCUT2D eigenvalue weighted by atomic mass is 32.2. The van der Waals surface area contributed by atoms with Gasteiger partial charge >= 0.3 is 0 Å². The fraction of sp³-hybridized carbons (Fsp3) is 0.333. The third-order valence-corrected chi connectivity index (χ3v) is 6.16. The summed E-state index contributed by atoms with van der Waals surface area (Å²) in [6.45, 7) is 8.05. The molecular weight excluding hydrogens is 390 g/mol. The number of benzene rings is 2. The van der Waals surface area contributed by atoms with Crippen molar-refractivity contribution < 1.29 is 17.7 Å². The molecule has 0 saturated carbocycles. The summed E-state index contributed by atoms with van der Waals surface area (Å²) in [5, 5.41) is 3.92. The van der Waals surface area contributed by atoms with E-state index in [9.17, 15) is 8.42 Å². The molecule has 0 atom stereocenters. The van der Waals surface area contributed by atoms with Crippen LogP contribution in [-0.2, 0) is 22.0 Å². The highest BCUT2D eigenvalue weighted by Gasteiger charge is 2.22. The van der Waals surface area contributed by atoms with Crippen LogP contribution in [0.1, 0.15) is 38.0 Å². The molecule has 0 fully saturated rings. The monoisotopic (exact) mass is 415 g/mol. The Bertz CT molecular complexity index is 1070. The minimum Gasteiger partial charge on any atom is -0.485 e. The number of aryl methyl sites for hydroxylation is 1. The average molecular weight is 416 g/mol. The highest BCUT2D eigenvalue weighted by molar-refractivity contribution is 7.92. The van der Waals surface area contributed by atoms with Crippen LogP contribution in [0, 0.1) is 6.92 Å². The van der Waals surface area contributed by atoms with E-state index < -0.39 is 10.0 Å². The van der Waals surface area contributed by atoms with Crippen LogP contribution in [0.5, 0.6) is 5.75 Å². The van der Waals surface area contributed by atoms with Crippen molar-refractivity contribution in [1.82, 2.24) is 10.1 Å². The van der Waals surface area contributed by atoms with E-state index in [0.29, 0.717) is 23.2 Å². The molecule has 1 aromatic heterocycles. The van der Waals surface area contributed by atoms with E-state index in [1.165, 1.54) is 11.4 Å². The minimum atomic E-state index is -3.63. The first-order valence-corrected chi connectivity index (χ1v) is 10.6. The van der Waals surface area contributed by atoms with Gasteiger partial charge in [-0.15, -0.1) is 0 Å². The molecule has 0 amide bonds. The maximum atomic E-state index is 12.8. The molecule has 0 spiro atoms. The predicted octanol–water partition coefficient (Wildman–Crippen LogP) is 4.08. The van der Waals surface area contributed by atoms with Crippen LogP contribution in [-0.4, -0.2) is 25.6 Å². The highest BCUT2D eigenvalue weighted by Crippen LogP contribution is 2.25. The van der Waals surface area contributed by atoms with Gasteiger partial charge in [-0.2, -0.15) is 4.98 Å². The Hall–Kier alpha value is -2.87. The van der Waals surface area contributed by atoms with Crippen LogP contribution >= 0.6 is 0 Å². The first-order chi connectivity index (χ1) is 13.6. The van der Waals surface area contributed by atoms with E-state index in [2.05, 4.69) is 10.1 Å². The standard InChI is InChI=1S/C21H25N3O4S/c1-15-6-12-18(13-7-15)29(25,26)24(5)16-8-10-17(11-9-16)27-14-19-22-20(28-23-19)21(2,3)4/h6-13H,14H2,1-5H3. The SMILES string of the molecule is Cc1ccc(S(=O)(=O)N(C)c2ccc(OCc3noc(C(C)(C)C)n3)cc2)cc1. The molecule has 0 aliphatic heterocycles. The Morgan fingerprint density at radius 3 is 2.21 bits per heavy atom. The predicted molar refractivity (Wildman–Crippen MR) is 111 cm³/mol. The van der Waals surface area contributed by atoms with Gasteiger partial charge in [-0.1, -0.05) is 43.6 Å². The van der Waals surface area contributed by atoms with Gasteiger partial charge < -0.3 is 9.26 Å². The first-order valence-electron chi connectivity index (χ1n) is 9.19. The number of hydrogen-bond donors (Lipinski definition) is 0. The molecule has 0 unspecified atom stereocenters. The number of anilines is 1. The van der Waals surface area contributed by atoms with Crippen molar-refractivity contribution in [2.24, 2.45) is 0 Å².